The number of hydrogen-bond acceptors (Lipinski definition) is 3. The molecule has 5 heteroatoms. The summed E-state index contributed by atoms with van der Waals surface area (Å²) in [6.07, 6.45) is 0.618. The van der Waals surface area contributed by atoms with Crippen LogP contribution in [0.1, 0.15) is 6.42 Å². The number of nitrogens with one attached hydrogen (secondary N) is 1. The third-order valence-corrected chi connectivity index (χ3v) is 3.63. The number of rotatable bonds is 2. The number of piperidine rings is 1. The molecule has 2 aliphatic rings. The van der Waals surface area contributed by atoms with Gasteiger partial charge in [-0.1, -0.05) is 0 Å². The molecule has 0 aromatic carbocycles. The monoisotopic (exact) mass is 233 g/mol. The summed E-state index contributed by atoms with van der Waals surface area (Å²) >= 11 is 0. The second-order valence-electron chi connectivity index (χ2n) is 5.04. The van der Waals surface area contributed by atoms with E-state index in [0.29, 0.717) is 13.0 Å². The number of piperazine rings is 1. The van der Waals surface area contributed by atoms with Crippen LogP contribution in [0.15, 0.2) is 0 Å². The first kappa shape index (κ1) is 12.2. The Morgan fingerprint density at radius 1 is 1.25 bits per heavy atom. The van der Waals surface area contributed by atoms with E-state index in [1.165, 1.54) is 0 Å². The molecule has 0 aromatic rings. The number of nitrogens with zero attached hydrogens (tertiary/aromatic N) is 2. The van der Waals surface area contributed by atoms with E-state index in [4.69, 9.17) is 0 Å². The molecule has 0 bridgehead atoms. The normalized spacial score (nSPS) is 32.8. The van der Waals surface area contributed by atoms with Gasteiger partial charge in [-0.15, -0.1) is 0 Å². The third kappa shape index (κ3) is 2.90. The average molecular weight is 233 g/mol. The summed E-state index contributed by atoms with van der Waals surface area (Å²) in [7, 11) is 1.77. The number of halogens is 2. The minimum absolute atomic E-state index is 0.0796. The Morgan fingerprint density at radius 2 is 1.94 bits per heavy atom. The van der Waals surface area contributed by atoms with Gasteiger partial charge < -0.3 is 15.1 Å². The summed E-state index contributed by atoms with van der Waals surface area (Å²) in [5.74, 6) is -2.97. The maximum atomic E-state index is 13.8. The summed E-state index contributed by atoms with van der Waals surface area (Å²) in [6.45, 7) is 4.94. The smallest absolute Gasteiger partial charge is 0.264 e. The van der Waals surface area contributed by atoms with E-state index in [2.05, 4.69) is 10.2 Å². The van der Waals surface area contributed by atoms with Crippen LogP contribution < -0.4 is 5.32 Å². The molecule has 2 heterocycles. The fourth-order valence-electron chi connectivity index (χ4n) is 2.59. The Bertz CT molecular complexity index is 229. The van der Waals surface area contributed by atoms with E-state index in [9.17, 15) is 8.78 Å². The van der Waals surface area contributed by atoms with Crippen LogP contribution in [0.25, 0.3) is 0 Å². The zero-order valence-corrected chi connectivity index (χ0v) is 9.88. The molecule has 2 aliphatic heterocycles. The SMILES string of the molecule is CN1CCC(CN2CCNCC2)C(F)(F)C1. The lowest BCUT2D eigenvalue weighted by molar-refractivity contribution is -0.113. The lowest BCUT2D eigenvalue weighted by Crippen LogP contribution is -2.53. The molecule has 0 saturated carbocycles. The van der Waals surface area contributed by atoms with E-state index in [1.807, 2.05) is 0 Å². The van der Waals surface area contributed by atoms with Crippen molar-refractivity contribution in [2.45, 2.75) is 12.3 Å². The van der Waals surface area contributed by atoms with Gasteiger partial charge in [-0.05, 0) is 20.0 Å². The molecule has 2 saturated heterocycles. The number of hydrogen-bond donors (Lipinski definition) is 1. The largest absolute Gasteiger partial charge is 0.314 e. The van der Waals surface area contributed by atoms with Crippen LogP contribution in [0.2, 0.25) is 0 Å². The van der Waals surface area contributed by atoms with Crippen molar-refractivity contribution in [2.75, 3.05) is 52.9 Å². The van der Waals surface area contributed by atoms with E-state index in [1.54, 1.807) is 11.9 Å². The first-order chi connectivity index (χ1) is 7.58. The van der Waals surface area contributed by atoms with Gasteiger partial charge in [0, 0.05) is 38.6 Å². The zero-order valence-electron chi connectivity index (χ0n) is 9.88. The Hall–Kier alpha value is -0.260. The highest BCUT2D eigenvalue weighted by atomic mass is 19.3. The van der Waals surface area contributed by atoms with E-state index in [-0.39, 0.29) is 6.54 Å². The summed E-state index contributed by atoms with van der Waals surface area (Å²) in [4.78, 5) is 3.90. The van der Waals surface area contributed by atoms with Gasteiger partial charge in [-0.2, -0.15) is 0 Å². The van der Waals surface area contributed by atoms with Crippen molar-refractivity contribution in [2.24, 2.45) is 5.92 Å². The Kier molecular flexibility index (Phi) is 3.77. The van der Waals surface area contributed by atoms with Crippen LogP contribution in [0, 0.1) is 5.92 Å². The highest BCUT2D eigenvalue weighted by Crippen LogP contribution is 2.32. The molecule has 2 fully saturated rings. The number of alkyl halides is 2. The van der Waals surface area contributed by atoms with E-state index < -0.39 is 11.8 Å². The molecule has 0 radical (unpaired) electrons. The minimum atomic E-state index is -2.52. The summed E-state index contributed by atoms with van der Waals surface area (Å²) in [5, 5.41) is 3.24. The maximum absolute atomic E-state index is 13.8. The molecule has 0 aromatic heterocycles. The Balaban J connectivity index is 1.87. The third-order valence-electron chi connectivity index (χ3n) is 3.63. The van der Waals surface area contributed by atoms with Gasteiger partial charge in [-0.25, -0.2) is 8.78 Å². The first-order valence-corrected chi connectivity index (χ1v) is 6.07. The van der Waals surface area contributed by atoms with Gasteiger partial charge in [0.1, 0.15) is 0 Å². The highest BCUT2D eigenvalue weighted by molar-refractivity contribution is 4.88. The molecular weight excluding hydrogens is 212 g/mol. The van der Waals surface area contributed by atoms with Crippen LogP contribution in [-0.2, 0) is 0 Å². The molecule has 1 atom stereocenters. The van der Waals surface area contributed by atoms with Crippen molar-refractivity contribution in [3.05, 3.63) is 0 Å². The molecule has 16 heavy (non-hydrogen) atoms. The van der Waals surface area contributed by atoms with Crippen molar-refractivity contribution < 1.29 is 8.78 Å². The first-order valence-electron chi connectivity index (χ1n) is 6.07. The lowest BCUT2D eigenvalue weighted by atomic mass is 9.92. The summed E-state index contributed by atoms with van der Waals surface area (Å²) in [6, 6.07) is 0. The quantitative estimate of drug-likeness (QED) is 0.748. The highest BCUT2D eigenvalue weighted by Gasteiger charge is 2.43. The summed E-state index contributed by atoms with van der Waals surface area (Å²) < 4.78 is 27.6. The minimum Gasteiger partial charge on any atom is -0.314 e. The van der Waals surface area contributed by atoms with Crippen LogP contribution in [-0.4, -0.2) is 68.6 Å². The molecule has 1 unspecified atom stereocenters. The van der Waals surface area contributed by atoms with Crippen LogP contribution in [0.4, 0.5) is 8.78 Å². The van der Waals surface area contributed by atoms with Gasteiger partial charge >= 0.3 is 0 Å². The standard InChI is InChI=1S/C11H21F2N3/c1-15-5-2-10(11(12,13)9-15)8-16-6-3-14-4-7-16/h10,14H,2-9H2,1H3. The van der Waals surface area contributed by atoms with Gasteiger partial charge in [0.15, 0.2) is 0 Å². The van der Waals surface area contributed by atoms with Crippen molar-refractivity contribution >= 4 is 0 Å². The fraction of sp³-hybridized carbons (Fsp3) is 1.00. The number of likely N-dealkylation sites (tertiary alicyclic amines) is 1. The van der Waals surface area contributed by atoms with E-state index in [0.717, 1.165) is 32.7 Å². The fourth-order valence-corrected chi connectivity index (χ4v) is 2.59. The molecule has 2 rings (SSSR count). The van der Waals surface area contributed by atoms with Crippen LogP contribution >= 0.6 is 0 Å². The van der Waals surface area contributed by atoms with Gasteiger partial charge in [-0.3, -0.25) is 0 Å². The second kappa shape index (κ2) is 4.94. The molecular formula is C11H21F2N3. The second-order valence-corrected chi connectivity index (χ2v) is 5.04. The molecule has 94 valence electrons. The molecule has 1 N–H and O–H groups in total. The maximum Gasteiger partial charge on any atom is 0.264 e. The predicted molar refractivity (Wildman–Crippen MR) is 59.9 cm³/mol. The Morgan fingerprint density at radius 3 is 2.56 bits per heavy atom. The molecule has 3 nitrogen and oxygen atoms in total. The van der Waals surface area contributed by atoms with Gasteiger partial charge in [0.05, 0.1) is 6.54 Å². The zero-order chi connectivity index (χ0) is 11.6. The Labute approximate surface area is 95.8 Å². The van der Waals surface area contributed by atoms with Gasteiger partial charge in [0.2, 0.25) is 0 Å². The molecule has 0 spiro atoms. The lowest BCUT2D eigenvalue weighted by Gasteiger charge is -2.39. The van der Waals surface area contributed by atoms with Crippen LogP contribution in [0.5, 0.6) is 0 Å². The molecule has 0 aliphatic carbocycles. The molecule has 0 amide bonds. The van der Waals surface area contributed by atoms with Crippen molar-refractivity contribution in [3.8, 4) is 0 Å². The van der Waals surface area contributed by atoms with Crippen LogP contribution in [0.3, 0.4) is 0 Å². The predicted octanol–water partition coefficient (Wildman–Crippen LogP) is 0.479. The van der Waals surface area contributed by atoms with E-state index >= 15 is 0 Å². The van der Waals surface area contributed by atoms with Crippen molar-refractivity contribution in [3.63, 3.8) is 0 Å². The topological polar surface area (TPSA) is 18.5 Å². The van der Waals surface area contributed by atoms with Crippen molar-refractivity contribution in [1.82, 2.24) is 15.1 Å². The summed E-state index contributed by atoms with van der Waals surface area (Å²) in [5.41, 5.74) is 0. The van der Waals surface area contributed by atoms with Gasteiger partial charge in [0.25, 0.3) is 5.92 Å². The average Bonchev–Trinajstić information content (AvgIpc) is 2.23. The van der Waals surface area contributed by atoms with Crippen molar-refractivity contribution in [1.29, 1.82) is 0 Å².